The average molecular weight is 364 g/mol. The number of hydrogen-bond donors (Lipinski definition) is 1. The molecule has 2 heterocycles. The van der Waals surface area contributed by atoms with Crippen molar-refractivity contribution in [3.05, 3.63) is 52.4 Å². The van der Waals surface area contributed by atoms with Gasteiger partial charge in [-0.3, -0.25) is 4.79 Å². The summed E-state index contributed by atoms with van der Waals surface area (Å²) in [7, 11) is 0. The van der Waals surface area contributed by atoms with Crippen LogP contribution in [0.15, 0.2) is 45.6 Å². The van der Waals surface area contributed by atoms with Crippen molar-refractivity contribution in [1.82, 2.24) is 0 Å². The van der Waals surface area contributed by atoms with Gasteiger partial charge in [-0.1, -0.05) is 18.2 Å². The first kappa shape index (κ1) is 15.6. The molecule has 1 N–H and O–H groups in total. The van der Waals surface area contributed by atoms with E-state index in [1.807, 2.05) is 6.07 Å². The van der Waals surface area contributed by atoms with E-state index in [9.17, 15) is 27.9 Å². The number of thiophene rings is 1. The Morgan fingerprint density at radius 3 is 2.48 bits per heavy atom. The fraction of sp³-hybridized carbons (Fsp3) is 0.0588. The predicted molar refractivity (Wildman–Crippen MR) is 87.4 cm³/mol. The normalized spacial score (nSPS) is 12.3. The number of rotatable bonds is 1. The van der Waals surface area contributed by atoms with Crippen molar-refractivity contribution in [3.8, 4) is 5.75 Å². The molecular formula is C17H7F3O4S. The molecule has 2 aromatic heterocycles. The molecule has 4 aromatic rings. The summed E-state index contributed by atoms with van der Waals surface area (Å²) in [6.45, 7) is 0. The van der Waals surface area contributed by atoms with E-state index >= 15 is 0 Å². The van der Waals surface area contributed by atoms with Gasteiger partial charge in [0.2, 0.25) is 0 Å². The van der Waals surface area contributed by atoms with Crippen LogP contribution in [-0.4, -0.2) is 17.1 Å². The Hall–Kier alpha value is -2.87. The third-order valence-electron chi connectivity index (χ3n) is 3.87. The first-order chi connectivity index (χ1) is 11.8. The summed E-state index contributed by atoms with van der Waals surface area (Å²) in [4.78, 5) is 23.4. The first-order valence-electron chi connectivity index (χ1n) is 7.00. The Labute approximate surface area is 140 Å². The highest BCUT2D eigenvalue weighted by Crippen LogP contribution is 2.42. The van der Waals surface area contributed by atoms with Crippen molar-refractivity contribution in [2.75, 3.05) is 0 Å². The molecule has 0 bridgehead atoms. The second kappa shape index (κ2) is 5.06. The Bertz CT molecular complexity index is 1230. The molecule has 0 aliphatic rings. The molecule has 0 unspecified atom stereocenters. The van der Waals surface area contributed by atoms with Crippen LogP contribution in [0.1, 0.15) is 10.4 Å². The number of fused-ring (bicyclic) bond motifs is 5. The number of Topliss-reactive ketones (excluding diaryl/α,β-unsaturated/α-hetero) is 1. The van der Waals surface area contributed by atoms with Crippen molar-refractivity contribution in [2.24, 2.45) is 0 Å². The monoisotopic (exact) mass is 364 g/mol. The molecular weight excluding hydrogens is 357 g/mol. The molecule has 0 amide bonds. The fourth-order valence-corrected chi connectivity index (χ4v) is 3.95. The van der Waals surface area contributed by atoms with Crippen LogP contribution in [0, 0.1) is 0 Å². The van der Waals surface area contributed by atoms with E-state index in [4.69, 9.17) is 4.42 Å². The van der Waals surface area contributed by atoms with E-state index in [-0.39, 0.29) is 11.0 Å². The number of carbonyl (C=O) groups is 1. The fourth-order valence-electron chi connectivity index (χ4n) is 2.83. The van der Waals surface area contributed by atoms with E-state index < -0.39 is 28.9 Å². The molecule has 0 fully saturated rings. The van der Waals surface area contributed by atoms with Crippen LogP contribution in [0.4, 0.5) is 13.2 Å². The Morgan fingerprint density at radius 2 is 1.76 bits per heavy atom. The third kappa shape index (κ3) is 2.21. The van der Waals surface area contributed by atoms with Gasteiger partial charge in [-0.05, 0) is 18.2 Å². The predicted octanol–water partition coefficient (Wildman–Crippen LogP) is 4.61. The highest BCUT2D eigenvalue weighted by atomic mass is 32.1. The van der Waals surface area contributed by atoms with E-state index in [1.165, 1.54) is 17.4 Å². The average Bonchev–Trinajstić information content (AvgIpc) is 2.92. The summed E-state index contributed by atoms with van der Waals surface area (Å²) in [6.07, 6.45) is -5.30. The van der Waals surface area contributed by atoms with Crippen molar-refractivity contribution in [2.45, 2.75) is 6.18 Å². The van der Waals surface area contributed by atoms with Gasteiger partial charge in [-0.25, -0.2) is 4.79 Å². The molecule has 0 saturated heterocycles. The SMILES string of the molecule is O=C(c1c(O)c2c(ccc3sc4ccccc4c32)oc1=O)C(F)(F)F. The van der Waals surface area contributed by atoms with Gasteiger partial charge in [-0.15, -0.1) is 11.3 Å². The second-order valence-corrected chi connectivity index (χ2v) is 6.43. The van der Waals surface area contributed by atoms with Crippen molar-refractivity contribution in [3.63, 3.8) is 0 Å². The highest BCUT2D eigenvalue weighted by molar-refractivity contribution is 7.26. The van der Waals surface area contributed by atoms with E-state index in [1.54, 1.807) is 24.3 Å². The van der Waals surface area contributed by atoms with Crippen LogP contribution < -0.4 is 5.63 Å². The molecule has 2 aromatic carbocycles. The lowest BCUT2D eigenvalue weighted by Crippen LogP contribution is -2.28. The molecule has 4 rings (SSSR count). The zero-order valence-electron chi connectivity index (χ0n) is 12.2. The Kier molecular flexibility index (Phi) is 3.17. The summed E-state index contributed by atoms with van der Waals surface area (Å²) >= 11 is 1.37. The molecule has 0 saturated carbocycles. The molecule has 4 nitrogen and oxygen atoms in total. The minimum atomic E-state index is -5.30. The maximum Gasteiger partial charge on any atom is 0.455 e. The van der Waals surface area contributed by atoms with Crippen LogP contribution in [0.5, 0.6) is 5.75 Å². The lowest BCUT2D eigenvalue weighted by Gasteiger charge is -2.08. The number of halogens is 3. The number of carbonyl (C=O) groups excluding carboxylic acids is 1. The van der Waals surface area contributed by atoms with Gasteiger partial charge < -0.3 is 9.52 Å². The Balaban J connectivity index is 2.23. The lowest BCUT2D eigenvalue weighted by atomic mass is 10.0. The largest absolute Gasteiger partial charge is 0.506 e. The summed E-state index contributed by atoms with van der Waals surface area (Å²) in [5.74, 6) is -3.44. The van der Waals surface area contributed by atoms with Gasteiger partial charge in [0.1, 0.15) is 11.3 Å². The minimum Gasteiger partial charge on any atom is -0.506 e. The molecule has 0 spiro atoms. The van der Waals surface area contributed by atoms with E-state index in [0.29, 0.717) is 15.5 Å². The number of aromatic hydroxyl groups is 1. The topological polar surface area (TPSA) is 67.5 Å². The van der Waals surface area contributed by atoms with Crippen molar-refractivity contribution >= 4 is 48.3 Å². The minimum absolute atomic E-state index is 0.0813. The quantitative estimate of drug-likeness (QED) is 0.396. The number of alkyl halides is 3. The van der Waals surface area contributed by atoms with Crippen LogP contribution in [0.2, 0.25) is 0 Å². The van der Waals surface area contributed by atoms with Gasteiger partial charge >= 0.3 is 11.8 Å². The molecule has 8 heteroatoms. The Morgan fingerprint density at radius 1 is 1.04 bits per heavy atom. The summed E-state index contributed by atoms with van der Waals surface area (Å²) in [6, 6.07) is 10.1. The summed E-state index contributed by atoms with van der Waals surface area (Å²) in [5, 5.41) is 11.4. The second-order valence-electron chi connectivity index (χ2n) is 5.35. The highest BCUT2D eigenvalue weighted by Gasteiger charge is 2.43. The molecule has 0 aliphatic heterocycles. The first-order valence-corrected chi connectivity index (χ1v) is 7.82. The number of benzene rings is 2. The zero-order chi connectivity index (χ0) is 17.9. The maximum atomic E-state index is 12.8. The molecule has 0 aliphatic carbocycles. The van der Waals surface area contributed by atoms with Gasteiger partial charge in [0.05, 0.1) is 5.39 Å². The van der Waals surface area contributed by atoms with Crippen molar-refractivity contribution < 1.29 is 27.5 Å². The van der Waals surface area contributed by atoms with Crippen LogP contribution in [0.3, 0.4) is 0 Å². The van der Waals surface area contributed by atoms with Gasteiger partial charge in [-0.2, -0.15) is 13.2 Å². The van der Waals surface area contributed by atoms with Gasteiger partial charge in [0.15, 0.2) is 5.56 Å². The lowest BCUT2D eigenvalue weighted by molar-refractivity contribution is -0.0888. The van der Waals surface area contributed by atoms with Crippen molar-refractivity contribution in [1.29, 1.82) is 0 Å². The van der Waals surface area contributed by atoms with Gasteiger partial charge in [0, 0.05) is 20.2 Å². The van der Waals surface area contributed by atoms with Crippen LogP contribution in [0.25, 0.3) is 31.1 Å². The summed E-state index contributed by atoms with van der Waals surface area (Å²) < 4.78 is 44.7. The number of hydrogen-bond acceptors (Lipinski definition) is 5. The zero-order valence-corrected chi connectivity index (χ0v) is 13.0. The molecule has 0 atom stereocenters. The van der Waals surface area contributed by atoms with E-state index in [0.717, 1.165) is 4.70 Å². The van der Waals surface area contributed by atoms with Gasteiger partial charge in [0.25, 0.3) is 5.78 Å². The third-order valence-corrected chi connectivity index (χ3v) is 5.01. The summed E-state index contributed by atoms with van der Waals surface area (Å²) in [5.41, 5.74) is -3.01. The van der Waals surface area contributed by atoms with Crippen LogP contribution in [-0.2, 0) is 0 Å². The standard InChI is InChI=1S/C17H7F3O4S/c18-17(19,20)15(22)13-14(21)12-8(24-16(13)23)5-6-10-11(12)7-3-1-2-4-9(7)25-10/h1-6,21H. The number of ketones is 1. The molecule has 126 valence electrons. The maximum absolute atomic E-state index is 12.8. The molecule has 0 radical (unpaired) electrons. The molecule has 25 heavy (non-hydrogen) atoms. The smallest absolute Gasteiger partial charge is 0.455 e. The van der Waals surface area contributed by atoms with E-state index in [2.05, 4.69) is 0 Å². The van der Waals surface area contributed by atoms with Crippen LogP contribution >= 0.6 is 11.3 Å².